The van der Waals surface area contributed by atoms with Crippen molar-refractivity contribution in [2.45, 2.75) is 45.2 Å². The van der Waals surface area contributed by atoms with Crippen LogP contribution >= 0.6 is 11.3 Å². The topological polar surface area (TPSA) is 66.5 Å². The zero-order valence-electron chi connectivity index (χ0n) is 20.7. The Morgan fingerprint density at radius 2 is 1.83 bits per heavy atom. The second-order valence-corrected chi connectivity index (χ2v) is 12.0. The summed E-state index contributed by atoms with van der Waals surface area (Å²) in [6, 6.07) is 16.1. The Morgan fingerprint density at radius 3 is 2.56 bits per heavy atom. The summed E-state index contributed by atoms with van der Waals surface area (Å²) in [5.74, 6) is -1.30. The van der Waals surface area contributed by atoms with Gasteiger partial charge in [0, 0.05) is 16.8 Å². The van der Waals surface area contributed by atoms with Crippen molar-refractivity contribution in [1.82, 2.24) is 0 Å². The molecule has 0 saturated carbocycles. The molecule has 6 rings (SSSR count). The molecular formula is C30H28N2O3S. The third-order valence-corrected chi connectivity index (χ3v) is 8.73. The second kappa shape index (κ2) is 7.74. The van der Waals surface area contributed by atoms with Gasteiger partial charge in [-0.05, 0) is 47.7 Å². The number of rotatable bonds is 3. The van der Waals surface area contributed by atoms with Crippen LogP contribution in [0.3, 0.4) is 0 Å². The quantitative estimate of drug-likeness (QED) is 0.476. The van der Waals surface area contributed by atoms with Crippen LogP contribution < -0.4 is 10.2 Å². The SMILES string of the molecule is Cc1ccc2c(c1)C=C[C@@H]1N2[C@H](C(=O)C(C)(C)C)[C@H](C(=O)c2cccs2)[C@@]12C(=O)Nc1ccccc12. The highest BCUT2D eigenvalue weighted by atomic mass is 32.1. The van der Waals surface area contributed by atoms with Crippen molar-refractivity contribution < 1.29 is 14.4 Å². The smallest absolute Gasteiger partial charge is 0.238 e. The van der Waals surface area contributed by atoms with Gasteiger partial charge in [-0.15, -0.1) is 11.3 Å². The standard InChI is InChI=1S/C30H28N2O3S/c1-17-11-13-21-18(16-17)12-14-23-30(19-8-5-6-9-20(19)31-28(30)35)24(26(33)22-10-7-15-36-22)25(32(21)23)27(34)29(2,3)4/h5-16,23-25H,1-4H3,(H,31,35)/t23-,24+,25-,30-/m0/s1. The number of anilines is 2. The van der Waals surface area contributed by atoms with Crippen LogP contribution in [0, 0.1) is 18.3 Å². The van der Waals surface area contributed by atoms with Crippen LogP contribution in [0.2, 0.25) is 0 Å². The summed E-state index contributed by atoms with van der Waals surface area (Å²) >= 11 is 1.36. The number of nitrogens with one attached hydrogen (secondary N) is 1. The number of ketones is 2. The summed E-state index contributed by atoms with van der Waals surface area (Å²) in [5, 5.41) is 4.93. The van der Waals surface area contributed by atoms with Gasteiger partial charge in [-0.1, -0.05) is 68.8 Å². The van der Waals surface area contributed by atoms with E-state index in [4.69, 9.17) is 0 Å². The molecule has 1 fully saturated rings. The number of thiophene rings is 1. The van der Waals surface area contributed by atoms with Gasteiger partial charge in [0.1, 0.15) is 11.5 Å². The number of amides is 1. The number of carbonyl (C=O) groups excluding carboxylic acids is 3. The molecule has 4 heterocycles. The summed E-state index contributed by atoms with van der Waals surface area (Å²) < 4.78 is 0. The van der Waals surface area contributed by atoms with Crippen LogP contribution in [0.25, 0.3) is 6.08 Å². The summed E-state index contributed by atoms with van der Waals surface area (Å²) in [6.07, 6.45) is 4.06. The fraction of sp³-hybridized carbons (Fsp3) is 0.300. The van der Waals surface area contributed by atoms with Gasteiger partial charge in [0.25, 0.3) is 0 Å². The highest BCUT2D eigenvalue weighted by Gasteiger charge is 2.70. The van der Waals surface area contributed by atoms with E-state index >= 15 is 0 Å². The Bertz CT molecular complexity index is 1450. The lowest BCUT2D eigenvalue weighted by molar-refractivity contribution is -0.128. The maximum Gasteiger partial charge on any atom is 0.238 e. The van der Waals surface area contributed by atoms with E-state index in [1.807, 2.05) is 87.7 Å². The molecule has 0 aliphatic carbocycles. The van der Waals surface area contributed by atoms with Gasteiger partial charge in [0.15, 0.2) is 11.6 Å². The van der Waals surface area contributed by atoms with E-state index in [0.29, 0.717) is 10.6 Å². The number of para-hydroxylation sites is 1. The van der Waals surface area contributed by atoms with E-state index in [0.717, 1.165) is 22.4 Å². The zero-order valence-corrected chi connectivity index (χ0v) is 21.6. The average Bonchev–Trinajstić information content (AvgIpc) is 3.54. The number of hydrogen-bond donors (Lipinski definition) is 1. The minimum absolute atomic E-state index is 0.0433. The lowest BCUT2D eigenvalue weighted by Crippen LogP contribution is -2.51. The van der Waals surface area contributed by atoms with E-state index in [-0.39, 0.29) is 17.5 Å². The van der Waals surface area contributed by atoms with Crippen LogP contribution in [0.1, 0.15) is 47.1 Å². The predicted molar refractivity (Wildman–Crippen MR) is 144 cm³/mol. The molecule has 4 atom stereocenters. The first-order valence-corrected chi connectivity index (χ1v) is 13.1. The first-order valence-electron chi connectivity index (χ1n) is 12.3. The summed E-state index contributed by atoms with van der Waals surface area (Å²) in [7, 11) is 0. The molecule has 1 spiro atoms. The number of carbonyl (C=O) groups is 3. The first-order chi connectivity index (χ1) is 17.2. The maximum atomic E-state index is 14.4. The van der Waals surface area contributed by atoms with E-state index < -0.39 is 28.8 Å². The third kappa shape index (κ3) is 2.97. The van der Waals surface area contributed by atoms with Crippen LogP contribution in [0.4, 0.5) is 11.4 Å². The van der Waals surface area contributed by atoms with Gasteiger partial charge in [-0.3, -0.25) is 14.4 Å². The van der Waals surface area contributed by atoms with Gasteiger partial charge < -0.3 is 10.2 Å². The number of aryl methyl sites for hydroxylation is 1. The Balaban J connectivity index is 1.69. The molecule has 0 bridgehead atoms. The maximum absolute atomic E-state index is 14.4. The van der Waals surface area contributed by atoms with Gasteiger partial charge in [0.05, 0.1) is 16.8 Å². The average molecular weight is 497 g/mol. The molecule has 3 aliphatic heterocycles. The molecule has 0 unspecified atom stereocenters. The number of Topliss-reactive ketones (excluding diaryl/α,β-unsaturated/α-hetero) is 2. The molecule has 1 N–H and O–H groups in total. The number of nitrogens with zero attached hydrogens (tertiary/aromatic N) is 1. The molecule has 1 amide bonds. The summed E-state index contributed by atoms with van der Waals surface area (Å²) in [4.78, 5) is 45.5. The van der Waals surface area contributed by atoms with E-state index in [1.165, 1.54) is 11.3 Å². The van der Waals surface area contributed by atoms with Crippen LogP contribution in [0.5, 0.6) is 0 Å². The Kier molecular flexibility index (Phi) is 4.93. The minimum Gasteiger partial charge on any atom is -0.352 e. The van der Waals surface area contributed by atoms with Gasteiger partial charge in [-0.25, -0.2) is 0 Å². The molecule has 1 saturated heterocycles. The highest BCUT2D eigenvalue weighted by molar-refractivity contribution is 7.12. The Hall–Kier alpha value is -3.51. The summed E-state index contributed by atoms with van der Waals surface area (Å²) in [6.45, 7) is 7.70. The van der Waals surface area contributed by atoms with Crippen LogP contribution in [-0.4, -0.2) is 29.6 Å². The minimum atomic E-state index is -1.23. The fourth-order valence-corrected chi connectivity index (χ4v) is 7.02. The van der Waals surface area contributed by atoms with Crippen molar-refractivity contribution >= 4 is 46.3 Å². The Morgan fingerprint density at radius 1 is 1.06 bits per heavy atom. The first kappa shape index (κ1) is 22.9. The van der Waals surface area contributed by atoms with Crippen molar-refractivity contribution in [1.29, 1.82) is 0 Å². The molecule has 36 heavy (non-hydrogen) atoms. The lowest BCUT2D eigenvalue weighted by Gasteiger charge is -2.38. The molecule has 1 aromatic heterocycles. The number of hydrogen-bond acceptors (Lipinski definition) is 5. The monoisotopic (exact) mass is 496 g/mol. The van der Waals surface area contributed by atoms with Crippen molar-refractivity contribution in [3.63, 3.8) is 0 Å². The fourth-order valence-electron chi connectivity index (χ4n) is 6.31. The molecule has 182 valence electrons. The molecule has 3 aromatic rings. The third-order valence-electron chi connectivity index (χ3n) is 7.84. The van der Waals surface area contributed by atoms with Gasteiger partial charge in [-0.2, -0.15) is 0 Å². The van der Waals surface area contributed by atoms with Gasteiger partial charge >= 0.3 is 0 Å². The van der Waals surface area contributed by atoms with Crippen LogP contribution in [-0.2, 0) is 15.0 Å². The molecule has 5 nitrogen and oxygen atoms in total. The number of fused-ring (bicyclic) bond motifs is 6. The molecular weight excluding hydrogens is 468 g/mol. The molecule has 0 radical (unpaired) electrons. The molecule has 3 aliphatic rings. The van der Waals surface area contributed by atoms with E-state index in [1.54, 1.807) is 6.07 Å². The van der Waals surface area contributed by atoms with Crippen LogP contribution in [0.15, 0.2) is 66.1 Å². The number of benzene rings is 2. The molecule has 6 heteroatoms. The summed E-state index contributed by atoms with van der Waals surface area (Å²) in [5.41, 5.74) is 2.53. The normalized spacial score (nSPS) is 25.9. The Labute approximate surface area is 214 Å². The largest absolute Gasteiger partial charge is 0.352 e. The lowest BCUT2D eigenvalue weighted by atomic mass is 9.64. The highest BCUT2D eigenvalue weighted by Crippen LogP contribution is 2.58. The van der Waals surface area contributed by atoms with Crippen molar-refractivity contribution in [3.05, 3.63) is 87.6 Å². The zero-order chi connectivity index (χ0) is 25.4. The van der Waals surface area contributed by atoms with Crippen molar-refractivity contribution in [3.8, 4) is 0 Å². The van der Waals surface area contributed by atoms with E-state index in [2.05, 4.69) is 16.3 Å². The van der Waals surface area contributed by atoms with E-state index in [9.17, 15) is 14.4 Å². The van der Waals surface area contributed by atoms with Crippen molar-refractivity contribution in [2.75, 3.05) is 10.2 Å². The van der Waals surface area contributed by atoms with Crippen molar-refractivity contribution in [2.24, 2.45) is 11.3 Å². The predicted octanol–water partition coefficient (Wildman–Crippen LogP) is 5.64. The second-order valence-electron chi connectivity index (χ2n) is 11.0. The van der Waals surface area contributed by atoms with Gasteiger partial charge in [0.2, 0.25) is 5.91 Å². The molecule has 2 aromatic carbocycles.